The molecule has 0 fully saturated rings. The number of ether oxygens (including phenoxy) is 1. The van der Waals surface area contributed by atoms with E-state index in [1.54, 1.807) is 31.0 Å². The molecule has 0 aliphatic carbocycles. The molecule has 0 aromatic heterocycles. The van der Waals surface area contributed by atoms with Crippen LogP contribution in [0, 0.1) is 17.7 Å². The molecule has 0 amide bonds. The summed E-state index contributed by atoms with van der Waals surface area (Å²) in [7, 11) is 1.68. The summed E-state index contributed by atoms with van der Waals surface area (Å²) >= 11 is 1.75. The Hall–Kier alpha value is -1.02. The molecule has 2 N–H and O–H groups in total. The maximum absolute atomic E-state index is 13.4. The Morgan fingerprint density at radius 1 is 1.47 bits per heavy atom. The van der Waals surface area contributed by atoms with E-state index in [-0.39, 0.29) is 12.4 Å². The fourth-order valence-electron chi connectivity index (χ4n) is 1.24. The second kappa shape index (κ2) is 8.13. The zero-order valence-electron chi connectivity index (χ0n) is 9.83. The van der Waals surface area contributed by atoms with Crippen molar-refractivity contribution in [2.75, 3.05) is 26.0 Å². The van der Waals surface area contributed by atoms with Crippen LogP contribution in [-0.4, -0.2) is 26.0 Å². The zero-order chi connectivity index (χ0) is 12.5. The lowest BCUT2D eigenvalue weighted by Gasteiger charge is -2.03. The van der Waals surface area contributed by atoms with Crippen LogP contribution in [0.3, 0.4) is 0 Å². The third-order valence-corrected chi connectivity index (χ3v) is 3.05. The van der Waals surface area contributed by atoms with Gasteiger partial charge in [-0.15, -0.1) is 0 Å². The number of rotatable bonds is 5. The highest BCUT2D eigenvalue weighted by Crippen LogP contribution is 2.15. The minimum absolute atomic E-state index is 0.242. The number of hydrogen-bond donors (Lipinski definition) is 1. The summed E-state index contributed by atoms with van der Waals surface area (Å²) in [4.78, 5) is 0. The summed E-state index contributed by atoms with van der Waals surface area (Å²) in [6, 6.07) is 5.01. The van der Waals surface area contributed by atoms with Gasteiger partial charge >= 0.3 is 0 Å². The van der Waals surface area contributed by atoms with Gasteiger partial charge < -0.3 is 10.5 Å². The Balaban J connectivity index is 2.61. The quantitative estimate of drug-likeness (QED) is 0.644. The van der Waals surface area contributed by atoms with E-state index < -0.39 is 0 Å². The third-order valence-electron chi connectivity index (χ3n) is 2.06. The number of hydrogen-bond acceptors (Lipinski definition) is 3. The van der Waals surface area contributed by atoms with E-state index in [1.165, 1.54) is 6.07 Å². The third kappa shape index (κ3) is 5.22. The van der Waals surface area contributed by atoms with Gasteiger partial charge in [-0.1, -0.05) is 17.9 Å². The van der Waals surface area contributed by atoms with Crippen molar-refractivity contribution in [3.8, 4) is 11.8 Å². The van der Waals surface area contributed by atoms with E-state index in [0.29, 0.717) is 5.56 Å². The van der Waals surface area contributed by atoms with Crippen LogP contribution in [0.1, 0.15) is 11.1 Å². The number of thioether (sulfide) groups is 1. The van der Waals surface area contributed by atoms with Gasteiger partial charge in [0.15, 0.2) is 0 Å². The number of halogens is 1. The average Bonchev–Trinajstić information content (AvgIpc) is 2.35. The van der Waals surface area contributed by atoms with E-state index in [9.17, 15) is 4.39 Å². The molecule has 0 heterocycles. The van der Waals surface area contributed by atoms with E-state index in [4.69, 9.17) is 10.5 Å². The Morgan fingerprint density at radius 2 is 2.29 bits per heavy atom. The summed E-state index contributed by atoms with van der Waals surface area (Å²) in [6.45, 7) is 0.970. The molecule has 1 rings (SSSR count). The normalized spacial score (nSPS) is 9.82. The van der Waals surface area contributed by atoms with Crippen LogP contribution >= 0.6 is 11.8 Å². The molecule has 0 aliphatic rings. The van der Waals surface area contributed by atoms with Gasteiger partial charge in [0.25, 0.3) is 0 Å². The lowest BCUT2D eigenvalue weighted by molar-refractivity contribution is 0.218. The Labute approximate surface area is 106 Å². The van der Waals surface area contributed by atoms with Crippen LogP contribution in [0.25, 0.3) is 0 Å². The minimum Gasteiger partial charge on any atom is -0.384 e. The predicted molar refractivity (Wildman–Crippen MR) is 70.4 cm³/mol. The molecular formula is C13H16FNOS. The van der Waals surface area contributed by atoms with Crippen molar-refractivity contribution in [1.29, 1.82) is 0 Å². The van der Waals surface area contributed by atoms with Crippen LogP contribution in [0.4, 0.5) is 4.39 Å². The first-order valence-corrected chi connectivity index (χ1v) is 6.47. The van der Waals surface area contributed by atoms with Crippen LogP contribution in [-0.2, 0) is 10.5 Å². The first-order chi connectivity index (χ1) is 8.27. The highest BCUT2D eigenvalue weighted by Gasteiger charge is 2.01. The van der Waals surface area contributed by atoms with Gasteiger partial charge in [-0.2, -0.15) is 11.8 Å². The highest BCUT2D eigenvalue weighted by atomic mass is 32.2. The van der Waals surface area contributed by atoms with Crippen molar-refractivity contribution in [1.82, 2.24) is 0 Å². The van der Waals surface area contributed by atoms with Crippen molar-refractivity contribution in [2.24, 2.45) is 5.73 Å². The standard InChI is InChI=1S/C13H16FNOS/c1-16-7-8-17-10-11-4-5-13(14)12(9-11)3-2-6-15/h4-5,9H,6-8,10,15H2,1H3. The summed E-state index contributed by atoms with van der Waals surface area (Å²) in [5, 5.41) is 0. The van der Waals surface area contributed by atoms with Crippen LogP contribution in [0.2, 0.25) is 0 Å². The summed E-state index contributed by atoms with van der Waals surface area (Å²) < 4.78 is 18.3. The molecule has 1 aromatic rings. The SMILES string of the molecule is COCCSCc1ccc(F)c(C#CCN)c1. The van der Waals surface area contributed by atoms with Crippen molar-refractivity contribution < 1.29 is 9.13 Å². The van der Waals surface area contributed by atoms with E-state index in [1.807, 2.05) is 0 Å². The predicted octanol–water partition coefficient (Wildman–Crippen LogP) is 2.02. The first-order valence-electron chi connectivity index (χ1n) is 5.32. The summed E-state index contributed by atoms with van der Waals surface area (Å²) in [5.74, 6) is 6.86. The number of benzene rings is 1. The van der Waals surface area contributed by atoms with E-state index >= 15 is 0 Å². The second-order valence-electron chi connectivity index (χ2n) is 3.37. The fraction of sp³-hybridized carbons (Fsp3) is 0.385. The monoisotopic (exact) mass is 253 g/mol. The smallest absolute Gasteiger partial charge is 0.138 e. The maximum Gasteiger partial charge on any atom is 0.138 e. The van der Waals surface area contributed by atoms with Crippen LogP contribution < -0.4 is 5.73 Å². The molecule has 4 heteroatoms. The summed E-state index contributed by atoms with van der Waals surface area (Å²) in [5.41, 5.74) is 6.74. The molecule has 0 aliphatic heterocycles. The minimum atomic E-state index is -0.295. The molecule has 2 nitrogen and oxygen atoms in total. The molecule has 0 atom stereocenters. The largest absolute Gasteiger partial charge is 0.384 e. The van der Waals surface area contributed by atoms with Gasteiger partial charge in [0.2, 0.25) is 0 Å². The highest BCUT2D eigenvalue weighted by molar-refractivity contribution is 7.98. The zero-order valence-corrected chi connectivity index (χ0v) is 10.6. The van der Waals surface area contributed by atoms with Gasteiger partial charge in [-0.05, 0) is 17.7 Å². The molecular weight excluding hydrogens is 237 g/mol. The molecule has 0 unspecified atom stereocenters. The van der Waals surface area contributed by atoms with Crippen molar-refractivity contribution in [2.45, 2.75) is 5.75 Å². The molecule has 0 saturated heterocycles. The summed E-state index contributed by atoms with van der Waals surface area (Å²) in [6.07, 6.45) is 0. The lowest BCUT2D eigenvalue weighted by Crippen LogP contribution is -1.95. The maximum atomic E-state index is 13.4. The first kappa shape index (κ1) is 14.0. The molecule has 0 spiro atoms. The number of nitrogens with two attached hydrogens (primary N) is 1. The van der Waals surface area contributed by atoms with Crippen LogP contribution in [0.15, 0.2) is 18.2 Å². The van der Waals surface area contributed by atoms with Gasteiger partial charge in [-0.3, -0.25) is 0 Å². The van der Waals surface area contributed by atoms with Crippen molar-refractivity contribution in [3.05, 3.63) is 35.1 Å². The van der Waals surface area contributed by atoms with Gasteiger partial charge in [-0.25, -0.2) is 4.39 Å². The molecule has 0 bridgehead atoms. The Kier molecular flexibility index (Phi) is 6.71. The Bertz CT molecular complexity index is 412. The van der Waals surface area contributed by atoms with Gasteiger partial charge in [0, 0.05) is 18.6 Å². The molecule has 17 heavy (non-hydrogen) atoms. The molecule has 1 aromatic carbocycles. The lowest BCUT2D eigenvalue weighted by atomic mass is 10.1. The fourth-order valence-corrected chi connectivity index (χ4v) is 2.08. The topological polar surface area (TPSA) is 35.2 Å². The van der Waals surface area contributed by atoms with Gasteiger partial charge in [0.05, 0.1) is 18.7 Å². The van der Waals surface area contributed by atoms with Crippen LogP contribution in [0.5, 0.6) is 0 Å². The average molecular weight is 253 g/mol. The number of methoxy groups -OCH3 is 1. The van der Waals surface area contributed by atoms with E-state index in [0.717, 1.165) is 23.7 Å². The molecule has 0 saturated carbocycles. The molecule has 0 radical (unpaired) electrons. The van der Waals surface area contributed by atoms with Crippen molar-refractivity contribution in [3.63, 3.8) is 0 Å². The second-order valence-corrected chi connectivity index (χ2v) is 4.47. The Morgan fingerprint density at radius 3 is 3.00 bits per heavy atom. The van der Waals surface area contributed by atoms with Gasteiger partial charge in [0.1, 0.15) is 5.82 Å². The van der Waals surface area contributed by atoms with E-state index in [2.05, 4.69) is 11.8 Å². The molecule has 92 valence electrons. The van der Waals surface area contributed by atoms with Crippen molar-refractivity contribution >= 4 is 11.8 Å².